The number of aromatic nitrogens is 2. The van der Waals surface area contributed by atoms with E-state index in [4.69, 9.17) is 0 Å². The van der Waals surface area contributed by atoms with Gasteiger partial charge in [0.05, 0.1) is 16.7 Å². The summed E-state index contributed by atoms with van der Waals surface area (Å²) in [4.78, 5) is 22.5. The summed E-state index contributed by atoms with van der Waals surface area (Å²) in [5.74, 6) is -0.0874. The summed E-state index contributed by atoms with van der Waals surface area (Å²) >= 11 is 3.30. The minimum atomic E-state index is -0.0874. The van der Waals surface area contributed by atoms with Gasteiger partial charge >= 0.3 is 0 Å². The molecule has 0 spiro atoms. The van der Waals surface area contributed by atoms with Crippen molar-refractivity contribution < 1.29 is 4.79 Å². The maximum atomic E-state index is 12.6. The summed E-state index contributed by atoms with van der Waals surface area (Å²) in [6.07, 6.45) is 1.84. The molecular weight excluding hydrogens is 364 g/mol. The van der Waals surface area contributed by atoms with Crippen LogP contribution in [0, 0.1) is 6.92 Å². The first kappa shape index (κ1) is 18.8. The van der Waals surface area contributed by atoms with E-state index in [0.717, 1.165) is 29.4 Å². The number of nitrogens with zero attached hydrogens (tertiary/aromatic N) is 2. The summed E-state index contributed by atoms with van der Waals surface area (Å²) in [6, 6.07) is 4.19. The molecule has 0 aliphatic heterocycles. The smallest absolute Gasteiger partial charge is 0.267 e. The summed E-state index contributed by atoms with van der Waals surface area (Å²) < 4.78 is 0. The third-order valence-corrected chi connectivity index (χ3v) is 5.95. The maximum absolute atomic E-state index is 12.6. The van der Waals surface area contributed by atoms with E-state index in [1.165, 1.54) is 5.56 Å². The summed E-state index contributed by atoms with van der Waals surface area (Å²) in [6.45, 7) is 8.76. The Balaban J connectivity index is 1.68. The van der Waals surface area contributed by atoms with E-state index >= 15 is 0 Å². The molecule has 0 unspecified atom stereocenters. The lowest BCUT2D eigenvalue weighted by atomic mass is 10.1. The Bertz CT molecular complexity index is 833. The SMILES string of the molecule is CCN(CC)[C@H](CNC(=O)c1cc(-c2csc(C)n2)c[nH]1)c1ccsc1. The van der Waals surface area contributed by atoms with Crippen molar-refractivity contribution in [2.75, 3.05) is 19.6 Å². The topological polar surface area (TPSA) is 61.0 Å². The van der Waals surface area contributed by atoms with Crippen molar-refractivity contribution >= 4 is 28.6 Å². The van der Waals surface area contributed by atoms with Crippen LogP contribution in [0.5, 0.6) is 0 Å². The number of hydrogen-bond donors (Lipinski definition) is 2. The molecule has 26 heavy (non-hydrogen) atoms. The molecule has 3 heterocycles. The number of rotatable bonds is 8. The Morgan fingerprint density at radius 3 is 2.77 bits per heavy atom. The quantitative estimate of drug-likeness (QED) is 0.604. The third kappa shape index (κ3) is 4.23. The molecule has 2 N–H and O–H groups in total. The van der Waals surface area contributed by atoms with Gasteiger partial charge in [-0.25, -0.2) is 4.98 Å². The van der Waals surface area contributed by atoms with Gasteiger partial charge in [-0.1, -0.05) is 13.8 Å². The average molecular weight is 389 g/mol. The average Bonchev–Trinajstić information content (AvgIpc) is 3.38. The summed E-state index contributed by atoms with van der Waals surface area (Å²) in [5, 5.41) is 10.4. The fourth-order valence-electron chi connectivity index (χ4n) is 3.04. The van der Waals surface area contributed by atoms with Crippen molar-refractivity contribution in [3.05, 3.63) is 50.7 Å². The highest BCUT2D eigenvalue weighted by atomic mass is 32.1. The van der Waals surface area contributed by atoms with Crippen LogP contribution in [0.3, 0.4) is 0 Å². The number of likely N-dealkylation sites (N-methyl/N-ethyl adjacent to an activating group) is 1. The van der Waals surface area contributed by atoms with E-state index in [-0.39, 0.29) is 11.9 Å². The van der Waals surface area contributed by atoms with Crippen LogP contribution in [-0.2, 0) is 0 Å². The van der Waals surface area contributed by atoms with Gasteiger partial charge in [-0.2, -0.15) is 11.3 Å². The molecule has 138 valence electrons. The third-order valence-electron chi connectivity index (χ3n) is 4.48. The first-order valence-corrected chi connectivity index (χ1v) is 10.6. The molecule has 0 saturated carbocycles. The van der Waals surface area contributed by atoms with Crippen molar-refractivity contribution in [1.29, 1.82) is 0 Å². The number of amides is 1. The summed E-state index contributed by atoms with van der Waals surface area (Å²) in [5.41, 5.74) is 3.66. The zero-order valence-electron chi connectivity index (χ0n) is 15.3. The number of nitrogens with one attached hydrogen (secondary N) is 2. The van der Waals surface area contributed by atoms with Crippen LogP contribution in [0.4, 0.5) is 0 Å². The van der Waals surface area contributed by atoms with Crippen molar-refractivity contribution in [2.24, 2.45) is 0 Å². The minimum Gasteiger partial charge on any atom is -0.357 e. The highest BCUT2D eigenvalue weighted by molar-refractivity contribution is 7.09. The predicted octanol–water partition coefficient (Wildman–Crippen LogP) is 4.32. The van der Waals surface area contributed by atoms with E-state index in [9.17, 15) is 4.79 Å². The number of carbonyl (C=O) groups excluding carboxylic acids is 1. The number of aromatic amines is 1. The van der Waals surface area contributed by atoms with Crippen molar-refractivity contribution in [1.82, 2.24) is 20.2 Å². The lowest BCUT2D eigenvalue weighted by molar-refractivity contribution is 0.0930. The molecule has 5 nitrogen and oxygen atoms in total. The molecular formula is C19H24N4OS2. The predicted molar refractivity (Wildman–Crippen MR) is 109 cm³/mol. The van der Waals surface area contributed by atoms with Crippen LogP contribution in [0.2, 0.25) is 0 Å². The van der Waals surface area contributed by atoms with Gasteiger partial charge in [0, 0.05) is 23.7 Å². The number of carbonyl (C=O) groups is 1. The number of thiazole rings is 1. The first-order valence-electron chi connectivity index (χ1n) is 8.77. The van der Waals surface area contributed by atoms with E-state index in [2.05, 4.69) is 50.9 Å². The largest absolute Gasteiger partial charge is 0.357 e. The Kier molecular flexibility index (Phi) is 6.24. The second-order valence-corrected chi connectivity index (χ2v) is 7.90. The molecule has 1 amide bonds. The Morgan fingerprint density at radius 1 is 1.35 bits per heavy atom. The standard InChI is InChI=1S/C19H24N4OS2/c1-4-23(5-2)18(14-6-7-25-11-14)10-21-19(24)16-8-15(9-20-16)17-12-26-13(3)22-17/h6-9,11-12,18,20H,4-5,10H2,1-3H3,(H,21,24)/t18-/m1/s1. The van der Waals surface area contributed by atoms with Crippen LogP contribution >= 0.6 is 22.7 Å². The summed E-state index contributed by atoms with van der Waals surface area (Å²) in [7, 11) is 0. The number of aryl methyl sites for hydroxylation is 1. The van der Waals surface area contributed by atoms with Gasteiger partial charge in [-0.15, -0.1) is 11.3 Å². The van der Waals surface area contributed by atoms with Gasteiger partial charge in [-0.3, -0.25) is 9.69 Å². The van der Waals surface area contributed by atoms with E-state index in [0.29, 0.717) is 12.2 Å². The Morgan fingerprint density at radius 2 is 2.15 bits per heavy atom. The molecule has 0 radical (unpaired) electrons. The van der Waals surface area contributed by atoms with Crippen molar-refractivity contribution in [2.45, 2.75) is 26.8 Å². The second kappa shape index (κ2) is 8.62. The van der Waals surface area contributed by atoms with Crippen LogP contribution in [0.25, 0.3) is 11.3 Å². The highest BCUT2D eigenvalue weighted by Crippen LogP contribution is 2.24. The van der Waals surface area contributed by atoms with Crippen LogP contribution in [-0.4, -0.2) is 40.4 Å². The molecule has 1 atom stereocenters. The molecule has 0 fully saturated rings. The fourth-order valence-corrected chi connectivity index (χ4v) is 4.37. The number of hydrogen-bond acceptors (Lipinski definition) is 5. The Hall–Kier alpha value is -1.96. The lowest BCUT2D eigenvalue weighted by Gasteiger charge is -2.29. The van der Waals surface area contributed by atoms with E-state index in [1.807, 2.05) is 24.6 Å². The first-order chi connectivity index (χ1) is 12.6. The van der Waals surface area contributed by atoms with Gasteiger partial charge in [0.1, 0.15) is 5.69 Å². The van der Waals surface area contributed by atoms with E-state index < -0.39 is 0 Å². The van der Waals surface area contributed by atoms with E-state index in [1.54, 1.807) is 22.7 Å². The molecule has 0 aliphatic rings. The van der Waals surface area contributed by atoms with Gasteiger partial charge in [0.25, 0.3) is 5.91 Å². The molecule has 7 heteroatoms. The highest BCUT2D eigenvalue weighted by Gasteiger charge is 2.20. The molecule has 3 aromatic rings. The van der Waals surface area contributed by atoms with Crippen molar-refractivity contribution in [3.8, 4) is 11.3 Å². The van der Waals surface area contributed by atoms with Gasteiger partial charge in [0.2, 0.25) is 0 Å². The monoisotopic (exact) mass is 388 g/mol. The normalized spacial score (nSPS) is 12.5. The van der Waals surface area contributed by atoms with Crippen molar-refractivity contribution in [3.63, 3.8) is 0 Å². The van der Waals surface area contributed by atoms with Crippen LogP contribution in [0.15, 0.2) is 34.5 Å². The number of H-pyrrole nitrogens is 1. The van der Waals surface area contributed by atoms with Gasteiger partial charge in [-0.05, 0) is 48.5 Å². The maximum Gasteiger partial charge on any atom is 0.267 e. The molecule has 0 bridgehead atoms. The molecule has 0 aromatic carbocycles. The molecule has 0 saturated heterocycles. The molecule has 3 aromatic heterocycles. The van der Waals surface area contributed by atoms with Crippen LogP contribution < -0.4 is 5.32 Å². The lowest BCUT2D eigenvalue weighted by Crippen LogP contribution is -2.38. The van der Waals surface area contributed by atoms with Gasteiger partial charge < -0.3 is 10.3 Å². The molecule has 0 aliphatic carbocycles. The minimum absolute atomic E-state index is 0.0874. The van der Waals surface area contributed by atoms with Gasteiger partial charge in [0.15, 0.2) is 0 Å². The Labute approximate surface area is 162 Å². The zero-order valence-corrected chi connectivity index (χ0v) is 16.9. The number of thiophene rings is 1. The van der Waals surface area contributed by atoms with Crippen LogP contribution in [0.1, 0.15) is 40.9 Å². The fraction of sp³-hybridized carbons (Fsp3) is 0.368. The zero-order chi connectivity index (χ0) is 18.5. The molecule has 3 rings (SSSR count). The second-order valence-electron chi connectivity index (χ2n) is 6.06.